The molecule has 19 heavy (non-hydrogen) atoms. The van der Waals surface area contributed by atoms with Gasteiger partial charge in [-0.05, 0) is 55.0 Å². The SMILES string of the molecule is CC(C)c1ccc(C2CCN(CCO)CC2)c(Cl)c1. The first kappa shape index (κ1) is 14.8. The predicted molar refractivity (Wildman–Crippen MR) is 81.0 cm³/mol. The molecule has 0 aromatic heterocycles. The number of aliphatic hydroxyl groups is 1. The lowest BCUT2D eigenvalue weighted by molar-refractivity contribution is 0.164. The zero-order chi connectivity index (χ0) is 13.8. The smallest absolute Gasteiger partial charge is 0.0558 e. The molecule has 2 nitrogen and oxygen atoms in total. The summed E-state index contributed by atoms with van der Waals surface area (Å²) >= 11 is 6.45. The van der Waals surface area contributed by atoms with Gasteiger partial charge in [-0.25, -0.2) is 0 Å². The Balaban J connectivity index is 2.03. The average Bonchev–Trinajstić information content (AvgIpc) is 2.40. The van der Waals surface area contributed by atoms with Gasteiger partial charge in [-0.3, -0.25) is 0 Å². The molecule has 0 bridgehead atoms. The quantitative estimate of drug-likeness (QED) is 0.911. The highest BCUT2D eigenvalue weighted by Crippen LogP contribution is 2.34. The Labute approximate surface area is 121 Å². The molecular weight excluding hydrogens is 258 g/mol. The van der Waals surface area contributed by atoms with Gasteiger partial charge in [0.05, 0.1) is 6.61 Å². The summed E-state index contributed by atoms with van der Waals surface area (Å²) in [4.78, 5) is 2.33. The third-order valence-electron chi connectivity index (χ3n) is 4.13. The maximum Gasteiger partial charge on any atom is 0.0558 e. The van der Waals surface area contributed by atoms with Crippen molar-refractivity contribution in [1.82, 2.24) is 4.90 Å². The van der Waals surface area contributed by atoms with Gasteiger partial charge in [0, 0.05) is 11.6 Å². The number of likely N-dealkylation sites (tertiary alicyclic amines) is 1. The first-order valence-electron chi connectivity index (χ1n) is 7.24. The molecule has 3 heteroatoms. The Morgan fingerprint density at radius 2 is 2.00 bits per heavy atom. The summed E-state index contributed by atoms with van der Waals surface area (Å²) in [6.45, 7) is 7.57. The molecule has 1 aromatic carbocycles. The second kappa shape index (κ2) is 6.74. The van der Waals surface area contributed by atoms with E-state index in [4.69, 9.17) is 16.7 Å². The standard InChI is InChI=1S/C16H24ClNO/c1-12(2)14-3-4-15(16(17)11-14)13-5-7-18(8-6-13)9-10-19/h3-4,11-13,19H,5-10H2,1-2H3. The third kappa shape index (κ3) is 3.71. The molecule has 1 saturated heterocycles. The first-order valence-corrected chi connectivity index (χ1v) is 7.62. The molecule has 106 valence electrons. The van der Waals surface area contributed by atoms with Gasteiger partial charge in [-0.15, -0.1) is 0 Å². The number of rotatable bonds is 4. The van der Waals surface area contributed by atoms with Gasteiger partial charge in [-0.1, -0.05) is 37.6 Å². The van der Waals surface area contributed by atoms with Crippen molar-refractivity contribution in [1.29, 1.82) is 0 Å². The molecular formula is C16H24ClNO. The van der Waals surface area contributed by atoms with E-state index in [2.05, 4.69) is 36.9 Å². The number of halogens is 1. The number of hydrogen-bond acceptors (Lipinski definition) is 2. The summed E-state index contributed by atoms with van der Waals surface area (Å²) in [5.41, 5.74) is 2.61. The van der Waals surface area contributed by atoms with Crippen LogP contribution in [0, 0.1) is 0 Å². The number of hydrogen-bond donors (Lipinski definition) is 1. The molecule has 1 aliphatic heterocycles. The molecule has 1 aromatic rings. The molecule has 2 rings (SSSR count). The summed E-state index contributed by atoms with van der Waals surface area (Å²) in [6.07, 6.45) is 2.28. The Morgan fingerprint density at radius 3 is 2.53 bits per heavy atom. The van der Waals surface area contributed by atoms with E-state index < -0.39 is 0 Å². The van der Waals surface area contributed by atoms with Gasteiger partial charge in [0.15, 0.2) is 0 Å². The lowest BCUT2D eigenvalue weighted by atomic mass is 9.88. The fraction of sp³-hybridized carbons (Fsp3) is 0.625. The van der Waals surface area contributed by atoms with E-state index in [0.29, 0.717) is 11.8 Å². The Morgan fingerprint density at radius 1 is 1.32 bits per heavy atom. The van der Waals surface area contributed by atoms with Crippen molar-refractivity contribution >= 4 is 11.6 Å². The normalized spacial score (nSPS) is 18.2. The molecule has 1 N–H and O–H groups in total. The molecule has 0 atom stereocenters. The van der Waals surface area contributed by atoms with Crippen molar-refractivity contribution in [3.05, 3.63) is 34.3 Å². The van der Waals surface area contributed by atoms with Crippen LogP contribution < -0.4 is 0 Å². The van der Waals surface area contributed by atoms with Crippen LogP contribution in [0.3, 0.4) is 0 Å². The van der Waals surface area contributed by atoms with Crippen LogP contribution in [-0.4, -0.2) is 36.2 Å². The van der Waals surface area contributed by atoms with Crippen LogP contribution in [0.4, 0.5) is 0 Å². The predicted octanol–water partition coefficient (Wildman–Crippen LogP) is 3.64. The second-order valence-electron chi connectivity index (χ2n) is 5.78. The van der Waals surface area contributed by atoms with E-state index in [1.54, 1.807) is 0 Å². The first-order chi connectivity index (χ1) is 9.11. The lowest BCUT2D eigenvalue weighted by Gasteiger charge is -2.32. The third-order valence-corrected chi connectivity index (χ3v) is 4.46. The molecule has 0 saturated carbocycles. The lowest BCUT2D eigenvalue weighted by Crippen LogP contribution is -2.35. The molecule has 1 aliphatic rings. The summed E-state index contributed by atoms with van der Waals surface area (Å²) in [7, 11) is 0. The molecule has 0 radical (unpaired) electrons. The monoisotopic (exact) mass is 281 g/mol. The fourth-order valence-corrected chi connectivity index (χ4v) is 3.19. The van der Waals surface area contributed by atoms with Crippen LogP contribution in [0.15, 0.2) is 18.2 Å². The van der Waals surface area contributed by atoms with Crippen LogP contribution >= 0.6 is 11.6 Å². The van der Waals surface area contributed by atoms with Gasteiger partial charge in [0.25, 0.3) is 0 Å². The Bertz CT molecular complexity index is 411. The van der Waals surface area contributed by atoms with Crippen LogP contribution in [0.2, 0.25) is 5.02 Å². The zero-order valence-corrected chi connectivity index (χ0v) is 12.7. The number of benzene rings is 1. The van der Waals surface area contributed by atoms with E-state index in [1.807, 2.05) is 0 Å². The highest BCUT2D eigenvalue weighted by atomic mass is 35.5. The van der Waals surface area contributed by atoms with Crippen LogP contribution in [0.25, 0.3) is 0 Å². The molecule has 0 unspecified atom stereocenters. The van der Waals surface area contributed by atoms with E-state index in [1.165, 1.54) is 11.1 Å². The van der Waals surface area contributed by atoms with Gasteiger partial charge in [-0.2, -0.15) is 0 Å². The van der Waals surface area contributed by atoms with Gasteiger partial charge in [0.2, 0.25) is 0 Å². The molecule has 1 heterocycles. The maximum absolute atomic E-state index is 8.97. The fourth-order valence-electron chi connectivity index (χ4n) is 2.84. The number of piperidine rings is 1. The van der Waals surface area contributed by atoms with Crippen molar-refractivity contribution in [2.24, 2.45) is 0 Å². The second-order valence-corrected chi connectivity index (χ2v) is 6.18. The van der Waals surface area contributed by atoms with Crippen molar-refractivity contribution in [3.63, 3.8) is 0 Å². The zero-order valence-electron chi connectivity index (χ0n) is 11.9. The number of nitrogens with zero attached hydrogens (tertiary/aromatic N) is 1. The van der Waals surface area contributed by atoms with Gasteiger partial charge >= 0.3 is 0 Å². The maximum atomic E-state index is 8.97. The minimum Gasteiger partial charge on any atom is -0.395 e. The number of aliphatic hydroxyl groups excluding tert-OH is 1. The van der Waals surface area contributed by atoms with Crippen molar-refractivity contribution in [2.75, 3.05) is 26.2 Å². The van der Waals surface area contributed by atoms with Crippen molar-refractivity contribution in [3.8, 4) is 0 Å². The minimum atomic E-state index is 0.258. The van der Waals surface area contributed by atoms with Crippen LogP contribution in [0.5, 0.6) is 0 Å². The largest absolute Gasteiger partial charge is 0.395 e. The highest BCUT2D eigenvalue weighted by molar-refractivity contribution is 6.31. The summed E-state index contributed by atoms with van der Waals surface area (Å²) in [5, 5.41) is 9.89. The Kier molecular flexibility index (Phi) is 5.26. The number of β-amino-alcohol motifs (C(OH)–C–C–N with tert-alkyl or cyclic N) is 1. The van der Waals surface area contributed by atoms with Crippen molar-refractivity contribution in [2.45, 2.75) is 38.5 Å². The topological polar surface area (TPSA) is 23.5 Å². The molecule has 1 fully saturated rings. The summed E-state index contributed by atoms with van der Waals surface area (Å²) < 4.78 is 0. The highest BCUT2D eigenvalue weighted by Gasteiger charge is 2.22. The summed E-state index contributed by atoms with van der Waals surface area (Å²) in [5.74, 6) is 1.10. The molecule has 0 amide bonds. The van der Waals surface area contributed by atoms with Crippen LogP contribution in [-0.2, 0) is 0 Å². The minimum absolute atomic E-state index is 0.258. The van der Waals surface area contributed by atoms with Gasteiger partial charge in [0.1, 0.15) is 0 Å². The average molecular weight is 282 g/mol. The van der Waals surface area contributed by atoms with Gasteiger partial charge < -0.3 is 10.0 Å². The summed E-state index contributed by atoms with van der Waals surface area (Å²) in [6, 6.07) is 6.55. The molecule has 0 spiro atoms. The van der Waals surface area contributed by atoms with E-state index in [-0.39, 0.29) is 6.61 Å². The van der Waals surface area contributed by atoms with Crippen LogP contribution in [0.1, 0.15) is 49.7 Å². The Hall–Kier alpha value is -0.570. The molecule has 0 aliphatic carbocycles. The van der Waals surface area contributed by atoms with Crippen molar-refractivity contribution < 1.29 is 5.11 Å². The van der Waals surface area contributed by atoms with E-state index >= 15 is 0 Å². The van der Waals surface area contributed by atoms with E-state index in [0.717, 1.165) is 37.5 Å². The van der Waals surface area contributed by atoms with E-state index in [9.17, 15) is 0 Å².